The number of halogens is 2. The van der Waals surface area contributed by atoms with Crippen molar-refractivity contribution in [1.82, 2.24) is 5.43 Å². The number of carbonyl (C=O) groups excluding carboxylic acids is 1. The summed E-state index contributed by atoms with van der Waals surface area (Å²) < 4.78 is 6.18. The summed E-state index contributed by atoms with van der Waals surface area (Å²) in [7, 11) is 1.50. The molecule has 0 aromatic heterocycles. The third-order valence-electron chi connectivity index (χ3n) is 2.77. The fourth-order valence-corrected chi connectivity index (χ4v) is 2.94. The van der Waals surface area contributed by atoms with E-state index in [0.29, 0.717) is 25.8 Å². The molecule has 0 heterocycles. The first kappa shape index (κ1) is 16.5. The number of nitrogens with one attached hydrogen (secondary N) is 1. The molecule has 0 spiro atoms. The number of hydrogen-bond donors (Lipinski definition) is 2. The van der Waals surface area contributed by atoms with E-state index in [2.05, 4.69) is 42.4 Å². The molecule has 0 saturated heterocycles. The van der Waals surface area contributed by atoms with E-state index in [0.717, 1.165) is 0 Å². The molecule has 1 amide bonds. The number of carbonyl (C=O) groups is 1. The van der Waals surface area contributed by atoms with Crippen molar-refractivity contribution < 1.29 is 14.6 Å². The second kappa shape index (κ2) is 7.42. The van der Waals surface area contributed by atoms with Crippen LogP contribution in [0.4, 0.5) is 0 Å². The van der Waals surface area contributed by atoms with Crippen molar-refractivity contribution in [3.8, 4) is 11.5 Å². The Hall–Kier alpha value is -1.86. The molecule has 22 heavy (non-hydrogen) atoms. The van der Waals surface area contributed by atoms with Gasteiger partial charge in [0.25, 0.3) is 5.91 Å². The number of phenolic OH excluding ortho intramolecular Hbond substituents is 1. The van der Waals surface area contributed by atoms with E-state index in [1.54, 1.807) is 36.4 Å². The molecule has 0 bridgehead atoms. The zero-order valence-electron chi connectivity index (χ0n) is 11.5. The lowest BCUT2D eigenvalue weighted by atomic mass is 10.2. The first-order chi connectivity index (χ1) is 10.5. The molecule has 114 valence electrons. The van der Waals surface area contributed by atoms with Gasteiger partial charge in [0.05, 0.1) is 27.8 Å². The van der Waals surface area contributed by atoms with Gasteiger partial charge in [-0.15, -0.1) is 0 Å². The number of amides is 1. The zero-order chi connectivity index (χ0) is 16.1. The van der Waals surface area contributed by atoms with Gasteiger partial charge in [-0.25, -0.2) is 5.43 Å². The van der Waals surface area contributed by atoms with Gasteiger partial charge in [0.15, 0.2) is 0 Å². The number of para-hydroxylation sites is 1. The molecule has 2 aromatic rings. The van der Waals surface area contributed by atoms with Gasteiger partial charge in [0.2, 0.25) is 0 Å². The third kappa shape index (κ3) is 3.86. The SMILES string of the molecule is COc1ccccc1C(=O)N/N=C\c1cc(Br)c(O)c(Br)c1. The molecule has 0 radical (unpaired) electrons. The molecule has 0 fully saturated rings. The number of methoxy groups -OCH3 is 1. The largest absolute Gasteiger partial charge is 0.506 e. The molecule has 0 atom stereocenters. The van der Waals surface area contributed by atoms with E-state index in [1.807, 2.05) is 0 Å². The van der Waals surface area contributed by atoms with Crippen LogP contribution in [0.15, 0.2) is 50.4 Å². The van der Waals surface area contributed by atoms with Gasteiger partial charge >= 0.3 is 0 Å². The highest BCUT2D eigenvalue weighted by atomic mass is 79.9. The van der Waals surface area contributed by atoms with Crippen molar-refractivity contribution in [3.05, 3.63) is 56.5 Å². The molecule has 0 aliphatic carbocycles. The Morgan fingerprint density at radius 1 is 1.27 bits per heavy atom. The highest BCUT2D eigenvalue weighted by Crippen LogP contribution is 2.32. The summed E-state index contributed by atoms with van der Waals surface area (Å²) in [6.07, 6.45) is 1.47. The molecule has 0 aliphatic rings. The van der Waals surface area contributed by atoms with Gasteiger partial charge in [-0.1, -0.05) is 12.1 Å². The van der Waals surface area contributed by atoms with E-state index >= 15 is 0 Å². The highest BCUT2D eigenvalue weighted by Gasteiger charge is 2.10. The Bertz CT molecular complexity index is 709. The zero-order valence-corrected chi connectivity index (χ0v) is 14.7. The first-order valence-corrected chi connectivity index (χ1v) is 7.76. The van der Waals surface area contributed by atoms with Crippen LogP contribution in [0.1, 0.15) is 15.9 Å². The lowest BCUT2D eigenvalue weighted by molar-refractivity contribution is 0.0952. The van der Waals surface area contributed by atoms with Gasteiger partial charge < -0.3 is 9.84 Å². The van der Waals surface area contributed by atoms with Crippen molar-refractivity contribution >= 4 is 44.0 Å². The van der Waals surface area contributed by atoms with Gasteiger partial charge in [-0.05, 0) is 61.7 Å². The van der Waals surface area contributed by atoms with Crippen LogP contribution in [-0.2, 0) is 0 Å². The van der Waals surface area contributed by atoms with Crippen LogP contribution >= 0.6 is 31.9 Å². The van der Waals surface area contributed by atoms with Crippen molar-refractivity contribution in [1.29, 1.82) is 0 Å². The molecule has 0 aliphatic heterocycles. The van der Waals surface area contributed by atoms with E-state index in [4.69, 9.17) is 4.74 Å². The summed E-state index contributed by atoms with van der Waals surface area (Å²) in [4.78, 5) is 12.0. The van der Waals surface area contributed by atoms with Crippen LogP contribution in [0.5, 0.6) is 11.5 Å². The minimum atomic E-state index is -0.370. The predicted molar refractivity (Wildman–Crippen MR) is 91.6 cm³/mol. The van der Waals surface area contributed by atoms with Crippen LogP contribution in [0.2, 0.25) is 0 Å². The summed E-state index contributed by atoms with van der Waals surface area (Å²) in [5.74, 6) is 0.214. The van der Waals surface area contributed by atoms with E-state index in [-0.39, 0.29) is 11.7 Å². The molecule has 0 unspecified atom stereocenters. The lowest BCUT2D eigenvalue weighted by Crippen LogP contribution is -2.18. The molecule has 0 saturated carbocycles. The third-order valence-corrected chi connectivity index (χ3v) is 3.98. The minimum Gasteiger partial charge on any atom is -0.506 e. The monoisotopic (exact) mass is 426 g/mol. The Labute approximate surface area is 144 Å². The maximum Gasteiger partial charge on any atom is 0.275 e. The number of hydrogen-bond acceptors (Lipinski definition) is 4. The Morgan fingerprint density at radius 3 is 2.55 bits per heavy atom. The molecule has 5 nitrogen and oxygen atoms in total. The van der Waals surface area contributed by atoms with Gasteiger partial charge in [0.1, 0.15) is 11.5 Å². The Morgan fingerprint density at radius 2 is 1.91 bits per heavy atom. The normalized spacial score (nSPS) is 10.7. The first-order valence-electron chi connectivity index (χ1n) is 6.17. The van der Waals surface area contributed by atoms with Crippen LogP contribution in [0, 0.1) is 0 Å². The standard InChI is InChI=1S/C15H12Br2N2O3/c1-22-13-5-3-2-4-10(13)15(21)19-18-8-9-6-11(16)14(20)12(17)7-9/h2-8,20H,1H3,(H,19,21)/b18-8-. The lowest BCUT2D eigenvalue weighted by Gasteiger charge is -2.06. The quantitative estimate of drug-likeness (QED) is 0.577. The van der Waals surface area contributed by atoms with E-state index in [1.165, 1.54) is 13.3 Å². The van der Waals surface area contributed by atoms with Crippen molar-refractivity contribution in [2.24, 2.45) is 5.10 Å². The second-order valence-corrected chi connectivity index (χ2v) is 5.94. The number of benzene rings is 2. The maximum absolute atomic E-state index is 12.0. The average Bonchev–Trinajstić information content (AvgIpc) is 2.52. The smallest absolute Gasteiger partial charge is 0.275 e. The molecule has 2 rings (SSSR count). The summed E-state index contributed by atoms with van der Waals surface area (Å²) in [5, 5.41) is 13.5. The van der Waals surface area contributed by atoms with Gasteiger partial charge in [-0.2, -0.15) is 5.10 Å². The van der Waals surface area contributed by atoms with Crippen LogP contribution in [0.25, 0.3) is 0 Å². The van der Waals surface area contributed by atoms with E-state index in [9.17, 15) is 9.90 Å². The number of rotatable bonds is 4. The van der Waals surface area contributed by atoms with Crippen LogP contribution < -0.4 is 10.2 Å². The number of ether oxygens (including phenoxy) is 1. The number of nitrogens with zero attached hydrogens (tertiary/aromatic N) is 1. The molecular weight excluding hydrogens is 416 g/mol. The fourth-order valence-electron chi connectivity index (χ4n) is 1.72. The van der Waals surface area contributed by atoms with E-state index < -0.39 is 0 Å². The van der Waals surface area contributed by atoms with Gasteiger partial charge in [0, 0.05) is 0 Å². The summed E-state index contributed by atoms with van der Waals surface area (Å²) in [5.41, 5.74) is 3.54. The molecular formula is C15H12Br2N2O3. The van der Waals surface area contributed by atoms with Crippen LogP contribution in [0.3, 0.4) is 0 Å². The molecule has 2 N–H and O–H groups in total. The van der Waals surface area contributed by atoms with Crippen LogP contribution in [-0.4, -0.2) is 24.3 Å². The summed E-state index contributed by atoms with van der Waals surface area (Å²) in [6.45, 7) is 0. The minimum absolute atomic E-state index is 0.107. The fraction of sp³-hybridized carbons (Fsp3) is 0.0667. The summed E-state index contributed by atoms with van der Waals surface area (Å²) in [6, 6.07) is 10.2. The number of phenols is 1. The number of aromatic hydroxyl groups is 1. The topological polar surface area (TPSA) is 70.9 Å². The Balaban J connectivity index is 2.11. The second-order valence-electron chi connectivity index (χ2n) is 4.23. The Kier molecular flexibility index (Phi) is 5.57. The highest BCUT2D eigenvalue weighted by molar-refractivity contribution is 9.11. The van der Waals surface area contributed by atoms with Gasteiger partial charge in [-0.3, -0.25) is 4.79 Å². The number of hydrazone groups is 1. The maximum atomic E-state index is 12.0. The average molecular weight is 428 g/mol. The molecule has 2 aromatic carbocycles. The summed E-state index contributed by atoms with van der Waals surface area (Å²) >= 11 is 6.46. The van der Waals surface area contributed by atoms with Crippen molar-refractivity contribution in [2.75, 3.05) is 7.11 Å². The van der Waals surface area contributed by atoms with Crippen molar-refractivity contribution in [2.45, 2.75) is 0 Å². The molecule has 7 heteroatoms. The predicted octanol–water partition coefficient (Wildman–Crippen LogP) is 3.69. The van der Waals surface area contributed by atoms with Crippen molar-refractivity contribution in [3.63, 3.8) is 0 Å².